The Morgan fingerprint density at radius 2 is 1.34 bits per heavy atom. The molecular formula is C15H10N4Na2O6S2. The van der Waals surface area contributed by atoms with Crippen LogP contribution in [0.15, 0.2) is 64.9 Å². The van der Waals surface area contributed by atoms with Crippen LogP contribution in [0.1, 0.15) is 0 Å². The van der Waals surface area contributed by atoms with Gasteiger partial charge < -0.3 is 14.4 Å². The van der Waals surface area contributed by atoms with Crippen molar-refractivity contribution in [2.75, 3.05) is 5.32 Å². The van der Waals surface area contributed by atoms with Gasteiger partial charge in [-0.3, -0.25) is 0 Å². The first kappa shape index (κ1) is 26.1. The number of hydrogen-bond donors (Lipinski definition) is 1. The van der Waals surface area contributed by atoms with Gasteiger partial charge in [0.1, 0.15) is 32.9 Å². The predicted molar refractivity (Wildman–Crippen MR) is 90.9 cm³/mol. The van der Waals surface area contributed by atoms with Crippen LogP contribution in [-0.4, -0.2) is 40.9 Å². The zero-order valence-corrected chi connectivity index (χ0v) is 20.9. The second-order valence-corrected chi connectivity index (χ2v) is 7.84. The Hall–Kier alpha value is -0.930. The number of aromatic nitrogens is 3. The first-order valence-electron chi connectivity index (χ1n) is 7.21. The summed E-state index contributed by atoms with van der Waals surface area (Å²) >= 11 is 0. The Bertz CT molecular complexity index is 1210. The maximum atomic E-state index is 11.9. The minimum Gasteiger partial charge on any atom is -0.744 e. The van der Waals surface area contributed by atoms with Crippen molar-refractivity contribution in [1.29, 1.82) is 0 Å². The standard InChI is InChI=1S/C15H12N4O6S2.2Na/c20-26(21,22)13-7-2-1-4-10(13)11-5-3-6-12(14(11)27(23,24)25)19-15-17-8-16-9-18-15;;/h1-9H,(H,20,21,22)(H,23,24,25)(H,16,17,18,19);;/q;2*+1/p-2. The molecule has 2 aromatic carbocycles. The molecule has 0 atom stereocenters. The molecule has 0 saturated carbocycles. The van der Waals surface area contributed by atoms with E-state index in [9.17, 15) is 25.9 Å². The smallest absolute Gasteiger partial charge is 0.744 e. The van der Waals surface area contributed by atoms with Crippen molar-refractivity contribution < 1.29 is 85.1 Å². The van der Waals surface area contributed by atoms with E-state index < -0.39 is 30.0 Å². The SMILES string of the molecule is O=S(=O)([O-])c1ccccc1-c1cccc(Nc2ncncn2)c1S(=O)(=O)[O-].[Na+].[Na+]. The Balaban J connectivity index is 0.00000210. The quantitative estimate of drug-likeness (QED) is 0.293. The number of anilines is 2. The molecule has 0 unspecified atom stereocenters. The summed E-state index contributed by atoms with van der Waals surface area (Å²) in [5.74, 6) is -0.0308. The predicted octanol–water partition coefficient (Wildman–Crippen LogP) is -4.90. The van der Waals surface area contributed by atoms with Crippen LogP contribution in [0, 0.1) is 0 Å². The van der Waals surface area contributed by atoms with Crippen LogP contribution in [0.4, 0.5) is 11.6 Å². The van der Waals surface area contributed by atoms with Gasteiger partial charge in [-0.25, -0.2) is 31.8 Å². The molecule has 0 bridgehead atoms. The van der Waals surface area contributed by atoms with E-state index in [1.54, 1.807) is 0 Å². The van der Waals surface area contributed by atoms with E-state index in [-0.39, 0.29) is 81.9 Å². The number of hydrogen-bond acceptors (Lipinski definition) is 10. The van der Waals surface area contributed by atoms with Gasteiger partial charge in [0, 0.05) is 11.1 Å². The minimum atomic E-state index is -5.08. The fraction of sp³-hybridized carbons (Fsp3) is 0. The molecule has 0 radical (unpaired) electrons. The van der Waals surface area contributed by atoms with E-state index in [0.29, 0.717) is 0 Å². The van der Waals surface area contributed by atoms with Gasteiger partial charge in [0.2, 0.25) is 5.95 Å². The summed E-state index contributed by atoms with van der Waals surface area (Å²) in [6.45, 7) is 0. The number of benzene rings is 2. The zero-order chi connectivity index (χ0) is 19.7. The van der Waals surface area contributed by atoms with Crippen molar-refractivity contribution >= 4 is 31.9 Å². The van der Waals surface area contributed by atoms with Crippen molar-refractivity contribution in [3.63, 3.8) is 0 Å². The number of nitrogens with one attached hydrogen (secondary N) is 1. The molecular weight excluding hydrogens is 442 g/mol. The molecule has 0 aliphatic heterocycles. The monoisotopic (exact) mass is 452 g/mol. The topological polar surface area (TPSA) is 165 Å². The Kier molecular flexibility index (Phi) is 9.36. The molecule has 0 fully saturated rings. The molecule has 0 amide bonds. The maximum Gasteiger partial charge on any atom is 1.00 e. The molecule has 1 heterocycles. The van der Waals surface area contributed by atoms with E-state index in [2.05, 4.69) is 20.3 Å². The van der Waals surface area contributed by atoms with Crippen LogP contribution in [0.5, 0.6) is 0 Å². The number of rotatable bonds is 5. The maximum absolute atomic E-state index is 11.9. The van der Waals surface area contributed by atoms with Gasteiger partial charge in [0.05, 0.1) is 15.5 Å². The third-order valence-electron chi connectivity index (χ3n) is 3.45. The minimum absolute atomic E-state index is 0. The van der Waals surface area contributed by atoms with Gasteiger partial charge in [0.15, 0.2) is 0 Å². The second kappa shape index (κ2) is 10.4. The van der Waals surface area contributed by atoms with E-state index in [4.69, 9.17) is 0 Å². The fourth-order valence-electron chi connectivity index (χ4n) is 2.45. The third-order valence-corrected chi connectivity index (χ3v) is 5.29. The second-order valence-electron chi connectivity index (χ2n) is 5.17. The molecule has 3 rings (SSSR count). The normalized spacial score (nSPS) is 11.1. The van der Waals surface area contributed by atoms with Gasteiger partial charge in [0.25, 0.3) is 0 Å². The van der Waals surface area contributed by atoms with Gasteiger partial charge in [-0.15, -0.1) is 0 Å². The van der Waals surface area contributed by atoms with Gasteiger partial charge >= 0.3 is 59.1 Å². The molecule has 1 aromatic heterocycles. The number of nitrogens with zero attached hydrogens (tertiary/aromatic N) is 3. The average Bonchev–Trinajstić information content (AvgIpc) is 2.61. The first-order valence-corrected chi connectivity index (χ1v) is 10.0. The Morgan fingerprint density at radius 3 is 1.93 bits per heavy atom. The van der Waals surface area contributed by atoms with Crippen LogP contribution >= 0.6 is 0 Å². The van der Waals surface area contributed by atoms with Crippen LogP contribution in [0.3, 0.4) is 0 Å². The van der Waals surface area contributed by atoms with Crippen LogP contribution in [-0.2, 0) is 20.2 Å². The van der Waals surface area contributed by atoms with E-state index >= 15 is 0 Å². The molecule has 29 heavy (non-hydrogen) atoms. The van der Waals surface area contributed by atoms with E-state index in [1.165, 1.54) is 36.4 Å². The summed E-state index contributed by atoms with van der Waals surface area (Å²) in [7, 11) is -9.99. The van der Waals surface area contributed by atoms with E-state index in [0.717, 1.165) is 18.7 Å². The van der Waals surface area contributed by atoms with Crippen molar-refractivity contribution in [1.82, 2.24) is 15.0 Å². The summed E-state index contributed by atoms with van der Waals surface area (Å²) < 4.78 is 70.4. The molecule has 0 aliphatic carbocycles. The summed E-state index contributed by atoms with van der Waals surface area (Å²) in [5, 5.41) is 2.58. The van der Waals surface area contributed by atoms with Crippen LogP contribution in [0.2, 0.25) is 0 Å². The van der Waals surface area contributed by atoms with Gasteiger partial charge in [-0.2, -0.15) is 0 Å². The zero-order valence-electron chi connectivity index (χ0n) is 15.3. The van der Waals surface area contributed by atoms with Crippen LogP contribution in [0.25, 0.3) is 11.1 Å². The molecule has 14 heteroatoms. The van der Waals surface area contributed by atoms with Crippen molar-refractivity contribution in [2.24, 2.45) is 0 Å². The summed E-state index contributed by atoms with van der Waals surface area (Å²) in [6, 6.07) is 8.90. The van der Waals surface area contributed by atoms with Gasteiger partial charge in [-0.05, 0) is 12.1 Å². The molecule has 3 aromatic rings. The van der Waals surface area contributed by atoms with Crippen molar-refractivity contribution in [3.05, 3.63) is 55.1 Å². The molecule has 1 N–H and O–H groups in total. The third kappa shape index (κ3) is 6.28. The molecule has 10 nitrogen and oxygen atoms in total. The largest absolute Gasteiger partial charge is 1.00 e. The molecule has 0 spiro atoms. The van der Waals surface area contributed by atoms with Gasteiger partial charge in [-0.1, -0.05) is 30.3 Å². The first-order chi connectivity index (χ1) is 12.7. The Morgan fingerprint density at radius 1 is 0.759 bits per heavy atom. The summed E-state index contributed by atoms with van der Waals surface area (Å²) in [6.07, 6.45) is 2.31. The summed E-state index contributed by atoms with van der Waals surface area (Å²) in [4.78, 5) is 9.80. The fourth-order valence-corrected chi connectivity index (χ4v) is 3.98. The average molecular weight is 452 g/mol. The molecule has 0 aliphatic rings. The molecule has 0 saturated heterocycles. The van der Waals surface area contributed by atoms with Crippen LogP contribution < -0.4 is 64.4 Å². The van der Waals surface area contributed by atoms with E-state index in [1.807, 2.05) is 0 Å². The molecule has 140 valence electrons. The summed E-state index contributed by atoms with van der Waals surface area (Å²) in [5.41, 5.74) is -0.618. The van der Waals surface area contributed by atoms with Crippen molar-refractivity contribution in [2.45, 2.75) is 9.79 Å². The van der Waals surface area contributed by atoms with Crippen molar-refractivity contribution in [3.8, 4) is 11.1 Å². The Labute approximate surface area is 211 Å².